The first-order valence-electron chi connectivity index (χ1n) is 6.52. The van der Waals surface area contributed by atoms with Gasteiger partial charge in [-0.1, -0.05) is 29.8 Å². The second-order valence-electron chi connectivity index (χ2n) is 5.10. The van der Waals surface area contributed by atoms with E-state index in [1.54, 1.807) is 10.9 Å². The Balaban J connectivity index is 1.96. The molecule has 19 heavy (non-hydrogen) atoms. The topological polar surface area (TPSA) is 38.1 Å². The molecule has 2 aromatic rings. The summed E-state index contributed by atoms with van der Waals surface area (Å²) in [7, 11) is 1.87. The molecule has 0 N–H and O–H groups in total. The van der Waals surface area contributed by atoms with Crippen molar-refractivity contribution in [2.75, 3.05) is 4.90 Å². The van der Waals surface area contributed by atoms with E-state index in [0.717, 1.165) is 12.1 Å². The van der Waals surface area contributed by atoms with Crippen molar-refractivity contribution in [2.45, 2.75) is 25.8 Å². The molecule has 4 heteroatoms. The molecule has 98 valence electrons. The monoisotopic (exact) mass is 255 g/mol. The molecule has 0 bridgehead atoms. The quantitative estimate of drug-likeness (QED) is 0.827. The molecule has 0 spiro atoms. The fourth-order valence-electron chi connectivity index (χ4n) is 2.64. The number of benzene rings is 1. The van der Waals surface area contributed by atoms with Crippen molar-refractivity contribution >= 4 is 11.6 Å². The van der Waals surface area contributed by atoms with Crippen LogP contribution in [-0.4, -0.2) is 15.7 Å². The number of hydrogen-bond donors (Lipinski definition) is 0. The van der Waals surface area contributed by atoms with Crippen LogP contribution in [0.3, 0.4) is 0 Å². The predicted octanol–water partition coefficient (Wildman–Crippen LogP) is 2.60. The molecule has 1 amide bonds. The number of carbonyl (C=O) groups excluding carboxylic acids is 1. The van der Waals surface area contributed by atoms with E-state index in [-0.39, 0.29) is 11.9 Å². The summed E-state index contributed by atoms with van der Waals surface area (Å²) >= 11 is 0. The Morgan fingerprint density at radius 3 is 2.63 bits per heavy atom. The molecular weight excluding hydrogens is 238 g/mol. The van der Waals surface area contributed by atoms with Crippen LogP contribution in [0.25, 0.3) is 0 Å². The Hall–Kier alpha value is -2.10. The lowest BCUT2D eigenvalue weighted by Gasteiger charge is -2.23. The minimum Gasteiger partial charge on any atom is -0.302 e. The second-order valence-corrected chi connectivity index (χ2v) is 5.10. The Kier molecular flexibility index (Phi) is 2.85. The minimum absolute atomic E-state index is 0.136. The molecule has 1 aliphatic rings. The fourth-order valence-corrected chi connectivity index (χ4v) is 2.64. The number of aromatic nitrogens is 2. The normalized spacial score (nSPS) is 19.2. The highest BCUT2D eigenvalue weighted by Crippen LogP contribution is 2.36. The van der Waals surface area contributed by atoms with Crippen LogP contribution in [0.2, 0.25) is 0 Å². The Morgan fingerprint density at radius 1 is 1.26 bits per heavy atom. The second kappa shape index (κ2) is 4.53. The van der Waals surface area contributed by atoms with Crippen molar-refractivity contribution < 1.29 is 4.79 Å². The van der Waals surface area contributed by atoms with Gasteiger partial charge in [0.25, 0.3) is 0 Å². The molecule has 1 saturated heterocycles. The highest BCUT2D eigenvalue weighted by molar-refractivity contribution is 5.96. The van der Waals surface area contributed by atoms with Gasteiger partial charge >= 0.3 is 0 Å². The van der Waals surface area contributed by atoms with Gasteiger partial charge in [-0.25, -0.2) is 0 Å². The molecule has 2 heterocycles. The molecule has 0 saturated carbocycles. The predicted molar refractivity (Wildman–Crippen MR) is 73.8 cm³/mol. The van der Waals surface area contributed by atoms with Crippen LogP contribution >= 0.6 is 0 Å². The first-order valence-corrected chi connectivity index (χ1v) is 6.52. The minimum atomic E-state index is 0.136. The highest BCUT2D eigenvalue weighted by Gasteiger charge is 2.33. The summed E-state index contributed by atoms with van der Waals surface area (Å²) in [4.78, 5) is 14.0. The fraction of sp³-hybridized carbons (Fsp3) is 0.333. The number of anilines is 1. The SMILES string of the molecule is Cc1ccc(C2CCC(=O)N2c2cnn(C)c2)cc1. The van der Waals surface area contributed by atoms with Gasteiger partial charge in [0, 0.05) is 19.7 Å². The average Bonchev–Trinajstić information content (AvgIpc) is 2.96. The van der Waals surface area contributed by atoms with Gasteiger partial charge in [0.1, 0.15) is 0 Å². The van der Waals surface area contributed by atoms with Gasteiger partial charge in [-0.15, -0.1) is 0 Å². The van der Waals surface area contributed by atoms with Crippen molar-refractivity contribution in [1.29, 1.82) is 0 Å². The summed E-state index contributed by atoms with van der Waals surface area (Å²) < 4.78 is 1.73. The third-order valence-electron chi connectivity index (χ3n) is 3.64. The van der Waals surface area contributed by atoms with E-state index in [4.69, 9.17) is 0 Å². The van der Waals surface area contributed by atoms with E-state index in [1.165, 1.54) is 11.1 Å². The number of amides is 1. The lowest BCUT2D eigenvalue weighted by Crippen LogP contribution is -2.26. The zero-order valence-electron chi connectivity index (χ0n) is 11.2. The smallest absolute Gasteiger partial charge is 0.227 e. The number of carbonyl (C=O) groups is 1. The molecule has 4 nitrogen and oxygen atoms in total. The largest absolute Gasteiger partial charge is 0.302 e. The zero-order chi connectivity index (χ0) is 13.4. The third-order valence-corrected chi connectivity index (χ3v) is 3.64. The van der Waals surface area contributed by atoms with E-state index in [1.807, 2.05) is 18.1 Å². The van der Waals surface area contributed by atoms with E-state index in [0.29, 0.717) is 6.42 Å². The summed E-state index contributed by atoms with van der Waals surface area (Å²) in [6.45, 7) is 2.07. The molecular formula is C15H17N3O. The number of nitrogens with zero attached hydrogens (tertiary/aromatic N) is 3. The van der Waals surface area contributed by atoms with Crippen LogP contribution in [0.15, 0.2) is 36.7 Å². The van der Waals surface area contributed by atoms with Gasteiger partial charge in [0.2, 0.25) is 5.91 Å². The number of aryl methyl sites for hydroxylation is 2. The molecule has 0 aliphatic carbocycles. The van der Waals surface area contributed by atoms with Crippen molar-refractivity contribution in [1.82, 2.24) is 9.78 Å². The molecule has 1 aromatic carbocycles. The van der Waals surface area contributed by atoms with Crippen molar-refractivity contribution in [3.05, 3.63) is 47.8 Å². The maximum absolute atomic E-state index is 12.1. The molecule has 1 atom stereocenters. The molecule has 0 radical (unpaired) electrons. The van der Waals surface area contributed by atoms with Crippen molar-refractivity contribution in [3.8, 4) is 0 Å². The highest BCUT2D eigenvalue weighted by atomic mass is 16.2. The Bertz CT molecular complexity index is 600. The summed E-state index contributed by atoms with van der Waals surface area (Å²) in [5.74, 6) is 0.179. The van der Waals surface area contributed by atoms with Gasteiger partial charge in [-0.3, -0.25) is 9.48 Å². The van der Waals surface area contributed by atoms with Crippen LogP contribution in [0.4, 0.5) is 5.69 Å². The molecule has 1 fully saturated rings. The molecule has 1 aliphatic heterocycles. The van der Waals surface area contributed by atoms with Gasteiger partial charge in [-0.05, 0) is 18.9 Å². The Labute approximate surface area is 112 Å². The summed E-state index contributed by atoms with van der Waals surface area (Å²) in [5.41, 5.74) is 3.32. The summed E-state index contributed by atoms with van der Waals surface area (Å²) in [6.07, 6.45) is 5.12. The first-order chi connectivity index (χ1) is 9.15. The average molecular weight is 255 g/mol. The van der Waals surface area contributed by atoms with Crippen LogP contribution in [0.5, 0.6) is 0 Å². The molecule has 1 aromatic heterocycles. The van der Waals surface area contributed by atoms with E-state index in [9.17, 15) is 4.79 Å². The molecule has 1 unspecified atom stereocenters. The zero-order valence-corrected chi connectivity index (χ0v) is 11.2. The molecule has 3 rings (SSSR count). The van der Waals surface area contributed by atoms with Crippen LogP contribution in [0, 0.1) is 6.92 Å². The van der Waals surface area contributed by atoms with Crippen molar-refractivity contribution in [3.63, 3.8) is 0 Å². The van der Waals surface area contributed by atoms with Crippen LogP contribution < -0.4 is 4.90 Å². The van der Waals surface area contributed by atoms with Crippen LogP contribution in [0.1, 0.15) is 30.0 Å². The third kappa shape index (κ3) is 2.14. The van der Waals surface area contributed by atoms with Crippen molar-refractivity contribution in [2.24, 2.45) is 7.05 Å². The maximum atomic E-state index is 12.1. The lowest BCUT2D eigenvalue weighted by molar-refractivity contribution is -0.117. The summed E-state index contributed by atoms with van der Waals surface area (Å²) in [5, 5.41) is 4.16. The number of rotatable bonds is 2. The van der Waals surface area contributed by atoms with Gasteiger partial charge in [-0.2, -0.15) is 5.10 Å². The standard InChI is InChI=1S/C15H17N3O/c1-11-3-5-12(6-4-11)14-7-8-15(19)18(14)13-9-16-17(2)10-13/h3-6,9-10,14H,7-8H2,1-2H3. The van der Waals surface area contributed by atoms with Gasteiger partial charge in [0.05, 0.1) is 17.9 Å². The van der Waals surface area contributed by atoms with Gasteiger partial charge < -0.3 is 4.90 Å². The first kappa shape index (κ1) is 12.0. The Morgan fingerprint density at radius 2 is 2.00 bits per heavy atom. The van der Waals surface area contributed by atoms with Crippen LogP contribution in [-0.2, 0) is 11.8 Å². The van der Waals surface area contributed by atoms with E-state index in [2.05, 4.69) is 36.3 Å². The lowest BCUT2D eigenvalue weighted by atomic mass is 10.0. The van der Waals surface area contributed by atoms with E-state index < -0.39 is 0 Å². The number of hydrogen-bond acceptors (Lipinski definition) is 2. The maximum Gasteiger partial charge on any atom is 0.227 e. The van der Waals surface area contributed by atoms with Gasteiger partial charge in [0.15, 0.2) is 0 Å². The van der Waals surface area contributed by atoms with E-state index >= 15 is 0 Å². The summed E-state index contributed by atoms with van der Waals surface area (Å²) in [6, 6.07) is 8.56.